The van der Waals surface area contributed by atoms with Crippen molar-refractivity contribution in [1.29, 1.82) is 0 Å². The highest BCUT2D eigenvalue weighted by atomic mass is 16.3. The molecule has 2 aromatic carbocycles. The van der Waals surface area contributed by atoms with Gasteiger partial charge in [-0.3, -0.25) is 0 Å². The maximum Gasteiger partial charge on any atom is 0.144 e. The van der Waals surface area contributed by atoms with Crippen LogP contribution in [0.4, 0.5) is 5.69 Å². The van der Waals surface area contributed by atoms with E-state index in [9.17, 15) is 10.2 Å². The summed E-state index contributed by atoms with van der Waals surface area (Å²) >= 11 is 0. The Bertz CT molecular complexity index is 576. The van der Waals surface area contributed by atoms with E-state index in [1.807, 2.05) is 31.2 Å². The predicted octanol–water partition coefficient (Wildman–Crippen LogP) is 2.93. The smallest absolute Gasteiger partial charge is 0.144 e. The van der Waals surface area contributed by atoms with E-state index in [1.54, 1.807) is 12.1 Å². The Labute approximate surface area is 113 Å². The maximum atomic E-state index is 10.4. The molecule has 0 spiro atoms. The van der Waals surface area contributed by atoms with Gasteiger partial charge in [0.05, 0.1) is 5.69 Å². The molecule has 0 aromatic heterocycles. The minimum Gasteiger partial charge on any atom is -0.505 e. The van der Waals surface area contributed by atoms with Crippen LogP contribution in [-0.4, -0.2) is 10.2 Å². The molecular weight excluding hydrogens is 238 g/mol. The lowest BCUT2D eigenvalue weighted by Gasteiger charge is -2.15. The van der Waals surface area contributed by atoms with E-state index >= 15 is 0 Å². The van der Waals surface area contributed by atoms with Crippen molar-refractivity contribution in [3.05, 3.63) is 58.7 Å². The standard InChI is InChI=1S/C16H19NO2/c1-3-11-4-6-12(7-5-11)15(18)13-8-10(2)9-14(17)16(13)19/h4-9,15,18-19H,3,17H2,1-2H3. The van der Waals surface area contributed by atoms with E-state index in [4.69, 9.17) is 5.73 Å². The number of hydrogen-bond acceptors (Lipinski definition) is 3. The third-order valence-corrected chi connectivity index (χ3v) is 3.31. The van der Waals surface area contributed by atoms with E-state index in [0.717, 1.165) is 17.5 Å². The molecule has 2 rings (SSSR count). The molecule has 0 radical (unpaired) electrons. The number of aromatic hydroxyl groups is 1. The number of hydrogen-bond donors (Lipinski definition) is 3. The van der Waals surface area contributed by atoms with Crippen molar-refractivity contribution < 1.29 is 10.2 Å². The van der Waals surface area contributed by atoms with Crippen molar-refractivity contribution in [2.75, 3.05) is 5.73 Å². The van der Waals surface area contributed by atoms with E-state index < -0.39 is 6.10 Å². The molecule has 1 atom stereocenters. The second kappa shape index (κ2) is 5.33. The molecule has 0 saturated carbocycles. The molecule has 0 aliphatic heterocycles. The van der Waals surface area contributed by atoms with E-state index in [1.165, 1.54) is 5.56 Å². The molecule has 0 amide bonds. The summed E-state index contributed by atoms with van der Waals surface area (Å²) in [5.74, 6) is -0.0438. The first-order valence-corrected chi connectivity index (χ1v) is 6.38. The summed E-state index contributed by atoms with van der Waals surface area (Å²) in [5, 5.41) is 20.3. The zero-order valence-electron chi connectivity index (χ0n) is 11.2. The van der Waals surface area contributed by atoms with Crippen molar-refractivity contribution in [2.45, 2.75) is 26.4 Å². The van der Waals surface area contributed by atoms with Crippen molar-refractivity contribution in [3.8, 4) is 5.75 Å². The van der Waals surface area contributed by atoms with Gasteiger partial charge in [-0.1, -0.05) is 31.2 Å². The van der Waals surface area contributed by atoms with Crippen molar-refractivity contribution >= 4 is 5.69 Å². The van der Waals surface area contributed by atoms with Crippen molar-refractivity contribution in [3.63, 3.8) is 0 Å². The van der Waals surface area contributed by atoms with Gasteiger partial charge in [0, 0.05) is 5.56 Å². The Hall–Kier alpha value is -2.00. The van der Waals surface area contributed by atoms with Crippen LogP contribution in [0.1, 0.15) is 35.3 Å². The average Bonchev–Trinajstić information content (AvgIpc) is 2.42. The molecule has 2 aromatic rings. The van der Waals surface area contributed by atoms with Crippen LogP contribution in [0.25, 0.3) is 0 Å². The normalized spacial score (nSPS) is 12.4. The van der Waals surface area contributed by atoms with Gasteiger partial charge in [-0.25, -0.2) is 0 Å². The van der Waals surface area contributed by atoms with Crippen LogP contribution < -0.4 is 5.73 Å². The third-order valence-electron chi connectivity index (χ3n) is 3.31. The van der Waals surface area contributed by atoms with Crippen LogP contribution in [0.5, 0.6) is 5.75 Å². The van der Waals surface area contributed by atoms with Gasteiger partial charge < -0.3 is 15.9 Å². The summed E-state index contributed by atoms with van der Waals surface area (Å²) in [6.07, 6.45) is 0.0899. The summed E-state index contributed by atoms with van der Waals surface area (Å²) in [4.78, 5) is 0. The maximum absolute atomic E-state index is 10.4. The van der Waals surface area contributed by atoms with Gasteiger partial charge in [0.25, 0.3) is 0 Å². The second-order valence-electron chi connectivity index (χ2n) is 4.79. The lowest BCUT2D eigenvalue weighted by molar-refractivity contribution is 0.215. The number of rotatable bonds is 3. The SMILES string of the molecule is CCc1ccc(C(O)c2cc(C)cc(N)c2O)cc1. The van der Waals surface area contributed by atoms with Gasteiger partial charge in [-0.2, -0.15) is 0 Å². The molecule has 100 valence electrons. The van der Waals surface area contributed by atoms with Gasteiger partial charge >= 0.3 is 0 Å². The topological polar surface area (TPSA) is 66.5 Å². The fraction of sp³-hybridized carbons (Fsp3) is 0.250. The predicted molar refractivity (Wildman–Crippen MR) is 77.1 cm³/mol. The average molecular weight is 257 g/mol. The highest BCUT2D eigenvalue weighted by Gasteiger charge is 2.16. The molecule has 0 bridgehead atoms. The molecule has 0 aliphatic rings. The first-order chi connectivity index (χ1) is 9.02. The molecule has 0 fully saturated rings. The van der Waals surface area contributed by atoms with Gasteiger partial charge in [-0.15, -0.1) is 0 Å². The number of benzene rings is 2. The number of nitrogens with two attached hydrogens (primary N) is 1. The molecule has 0 saturated heterocycles. The first kappa shape index (κ1) is 13.4. The monoisotopic (exact) mass is 257 g/mol. The number of aryl methyl sites for hydroxylation is 2. The van der Waals surface area contributed by atoms with Crippen LogP contribution in [0, 0.1) is 6.92 Å². The number of aliphatic hydroxyl groups excluding tert-OH is 1. The van der Waals surface area contributed by atoms with Crippen molar-refractivity contribution in [1.82, 2.24) is 0 Å². The van der Waals surface area contributed by atoms with E-state index in [2.05, 4.69) is 6.92 Å². The largest absolute Gasteiger partial charge is 0.505 e. The minimum absolute atomic E-state index is 0.0438. The second-order valence-corrected chi connectivity index (χ2v) is 4.79. The molecule has 3 nitrogen and oxygen atoms in total. The first-order valence-electron chi connectivity index (χ1n) is 6.38. The molecule has 1 unspecified atom stereocenters. The molecule has 0 aliphatic carbocycles. The quantitative estimate of drug-likeness (QED) is 0.585. The van der Waals surface area contributed by atoms with Crippen LogP contribution in [0.15, 0.2) is 36.4 Å². The van der Waals surface area contributed by atoms with Gasteiger partial charge in [0.15, 0.2) is 0 Å². The van der Waals surface area contributed by atoms with Crippen molar-refractivity contribution in [2.24, 2.45) is 0 Å². The Kier molecular flexibility index (Phi) is 3.76. The molecule has 0 heterocycles. The molecular formula is C16H19NO2. The zero-order chi connectivity index (χ0) is 14.0. The zero-order valence-corrected chi connectivity index (χ0v) is 11.2. The minimum atomic E-state index is -0.867. The summed E-state index contributed by atoms with van der Waals surface area (Å²) in [7, 11) is 0. The summed E-state index contributed by atoms with van der Waals surface area (Å²) in [5.41, 5.74) is 9.33. The third kappa shape index (κ3) is 2.71. The number of phenolic OH excluding ortho intramolecular Hbond substituents is 1. The summed E-state index contributed by atoms with van der Waals surface area (Å²) in [6, 6.07) is 11.2. The lowest BCUT2D eigenvalue weighted by Crippen LogP contribution is -2.02. The van der Waals surface area contributed by atoms with Gasteiger partial charge in [0.2, 0.25) is 0 Å². The Morgan fingerprint density at radius 3 is 2.37 bits per heavy atom. The number of nitrogen functional groups attached to an aromatic ring is 1. The van der Waals surface area contributed by atoms with Gasteiger partial charge in [-0.05, 0) is 42.2 Å². The molecule has 3 heteroatoms. The van der Waals surface area contributed by atoms with Crippen LogP contribution >= 0.6 is 0 Å². The highest BCUT2D eigenvalue weighted by molar-refractivity contribution is 5.59. The fourth-order valence-corrected chi connectivity index (χ4v) is 2.16. The number of aliphatic hydroxyl groups is 1. The van der Waals surface area contributed by atoms with Crippen LogP contribution in [0.3, 0.4) is 0 Å². The Balaban J connectivity index is 2.40. The fourth-order valence-electron chi connectivity index (χ4n) is 2.16. The number of phenols is 1. The van der Waals surface area contributed by atoms with Crippen LogP contribution in [-0.2, 0) is 6.42 Å². The van der Waals surface area contributed by atoms with E-state index in [-0.39, 0.29) is 5.75 Å². The molecule has 4 N–H and O–H groups in total. The van der Waals surface area contributed by atoms with E-state index in [0.29, 0.717) is 11.3 Å². The summed E-state index contributed by atoms with van der Waals surface area (Å²) < 4.78 is 0. The Morgan fingerprint density at radius 2 is 1.79 bits per heavy atom. The Morgan fingerprint density at radius 1 is 1.16 bits per heavy atom. The number of anilines is 1. The lowest BCUT2D eigenvalue weighted by atomic mass is 9.97. The molecule has 19 heavy (non-hydrogen) atoms. The van der Waals surface area contributed by atoms with Crippen LogP contribution in [0.2, 0.25) is 0 Å². The van der Waals surface area contributed by atoms with Gasteiger partial charge in [0.1, 0.15) is 11.9 Å². The highest BCUT2D eigenvalue weighted by Crippen LogP contribution is 2.34. The summed E-state index contributed by atoms with van der Waals surface area (Å²) in [6.45, 7) is 3.96.